The van der Waals surface area contributed by atoms with Crippen LogP contribution in [-0.4, -0.2) is 9.97 Å². The van der Waals surface area contributed by atoms with Gasteiger partial charge in [0.1, 0.15) is 5.82 Å². The second kappa shape index (κ2) is 5.31. The Morgan fingerprint density at radius 1 is 0.737 bits per heavy atom. The third kappa shape index (κ3) is 2.77. The summed E-state index contributed by atoms with van der Waals surface area (Å²) in [4.78, 5) is 8.60. The van der Waals surface area contributed by atoms with Crippen LogP contribution in [0.15, 0.2) is 73.1 Å². The van der Waals surface area contributed by atoms with E-state index in [0.29, 0.717) is 0 Å². The van der Waals surface area contributed by atoms with Gasteiger partial charge < -0.3 is 5.32 Å². The van der Waals surface area contributed by atoms with Gasteiger partial charge in [-0.15, -0.1) is 0 Å². The van der Waals surface area contributed by atoms with Crippen molar-refractivity contribution in [1.29, 1.82) is 0 Å². The molecule has 0 bridgehead atoms. The molecule has 0 aliphatic rings. The van der Waals surface area contributed by atoms with Crippen LogP contribution in [-0.2, 0) is 0 Å². The van der Waals surface area contributed by atoms with Gasteiger partial charge >= 0.3 is 0 Å². The summed E-state index contributed by atoms with van der Waals surface area (Å²) in [6.45, 7) is 0. The molecule has 0 saturated heterocycles. The molecule has 0 spiro atoms. The quantitative estimate of drug-likeness (QED) is 0.763. The van der Waals surface area contributed by atoms with Gasteiger partial charge in [-0.2, -0.15) is 0 Å². The predicted octanol–water partition coefficient (Wildman–Crippen LogP) is 3.89. The standard InChI is InChI=1S/C16H13N3/c1-2-5-13(6-3-1)15-7-4-8-16(19-15)18-14-9-11-17-12-10-14/h1-12H,(H,17,18,19). The summed E-state index contributed by atoms with van der Waals surface area (Å²) in [5.41, 5.74) is 3.05. The number of hydrogen-bond acceptors (Lipinski definition) is 3. The second-order valence-electron chi connectivity index (χ2n) is 4.13. The molecule has 3 heteroatoms. The predicted molar refractivity (Wildman–Crippen MR) is 77.2 cm³/mol. The molecule has 19 heavy (non-hydrogen) atoms. The molecule has 3 rings (SSSR count). The molecular formula is C16H13N3. The average molecular weight is 247 g/mol. The van der Waals surface area contributed by atoms with Gasteiger partial charge in [0.05, 0.1) is 5.69 Å². The molecule has 0 radical (unpaired) electrons. The van der Waals surface area contributed by atoms with Crippen LogP contribution in [0.3, 0.4) is 0 Å². The molecule has 92 valence electrons. The van der Waals surface area contributed by atoms with Crippen LogP contribution >= 0.6 is 0 Å². The Bertz CT molecular complexity index is 651. The van der Waals surface area contributed by atoms with Crippen molar-refractivity contribution in [3.05, 3.63) is 73.1 Å². The van der Waals surface area contributed by atoms with E-state index in [1.54, 1.807) is 12.4 Å². The first-order chi connectivity index (χ1) is 9.42. The van der Waals surface area contributed by atoms with Crippen molar-refractivity contribution >= 4 is 11.5 Å². The lowest BCUT2D eigenvalue weighted by atomic mass is 10.1. The van der Waals surface area contributed by atoms with Crippen LogP contribution in [0.1, 0.15) is 0 Å². The minimum atomic E-state index is 0.826. The van der Waals surface area contributed by atoms with Gasteiger partial charge in [0.15, 0.2) is 0 Å². The first-order valence-corrected chi connectivity index (χ1v) is 6.11. The summed E-state index contributed by atoms with van der Waals surface area (Å²) in [5, 5.41) is 3.26. The van der Waals surface area contributed by atoms with E-state index in [0.717, 1.165) is 22.8 Å². The lowest BCUT2D eigenvalue weighted by Gasteiger charge is -2.07. The minimum absolute atomic E-state index is 0.826. The maximum atomic E-state index is 4.61. The van der Waals surface area contributed by atoms with Crippen molar-refractivity contribution in [3.63, 3.8) is 0 Å². The Kier molecular flexibility index (Phi) is 3.19. The minimum Gasteiger partial charge on any atom is -0.340 e. The zero-order valence-corrected chi connectivity index (χ0v) is 10.3. The van der Waals surface area contributed by atoms with E-state index in [4.69, 9.17) is 0 Å². The number of nitrogens with zero attached hydrogens (tertiary/aromatic N) is 2. The fourth-order valence-electron chi connectivity index (χ4n) is 1.86. The van der Waals surface area contributed by atoms with Gasteiger partial charge in [0, 0.05) is 23.6 Å². The topological polar surface area (TPSA) is 37.8 Å². The number of pyridine rings is 2. The molecule has 0 fully saturated rings. The number of hydrogen-bond donors (Lipinski definition) is 1. The van der Waals surface area contributed by atoms with Crippen LogP contribution in [0.25, 0.3) is 11.3 Å². The third-order valence-electron chi connectivity index (χ3n) is 2.77. The van der Waals surface area contributed by atoms with E-state index >= 15 is 0 Å². The summed E-state index contributed by atoms with van der Waals surface area (Å²) in [7, 11) is 0. The summed E-state index contributed by atoms with van der Waals surface area (Å²) in [6, 6.07) is 19.9. The number of aromatic nitrogens is 2. The second-order valence-corrected chi connectivity index (χ2v) is 4.13. The third-order valence-corrected chi connectivity index (χ3v) is 2.77. The summed E-state index contributed by atoms with van der Waals surface area (Å²) in [5.74, 6) is 0.826. The van der Waals surface area contributed by atoms with Gasteiger partial charge in [-0.1, -0.05) is 36.4 Å². The molecule has 0 atom stereocenters. The maximum absolute atomic E-state index is 4.61. The summed E-state index contributed by atoms with van der Waals surface area (Å²) >= 11 is 0. The molecule has 0 unspecified atom stereocenters. The van der Waals surface area contributed by atoms with Gasteiger partial charge in [0.25, 0.3) is 0 Å². The molecule has 2 aromatic heterocycles. The van der Waals surface area contributed by atoms with Crippen LogP contribution < -0.4 is 5.32 Å². The summed E-state index contributed by atoms with van der Waals surface area (Å²) in [6.07, 6.45) is 3.51. The number of anilines is 2. The van der Waals surface area contributed by atoms with Gasteiger partial charge in [0.2, 0.25) is 0 Å². The van der Waals surface area contributed by atoms with Gasteiger partial charge in [-0.3, -0.25) is 4.98 Å². The number of rotatable bonds is 3. The van der Waals surface area contributed by atoms with E-state index in [2.05, 4.69) is 27.4 Å². The van der Waals surface area contributed by atoms with Crippen LogP contribution in [0.2, 0.25) is 0 Å². The molecule has 3 aromatic rings. The van der Waals surface area contributed by atoms with Crippen LogP contribution in [0, 0.1) is 0 Å². The van der Waals surface area contributed by atoms with E-state index < -0.39 is 0 Å². The highest BCUT2D eigenvalue weighted by molar-refractivity contribution is 5.63. The molecule has 0 aliphatic carbocycles. The maximum Gasteiger partial charge on any atom is 0.131 e. The average Bonchev–Trinajstić information content (AvgIpc) is 2.49. The van der Waals surface area contributed by atoms with Crippen molar-refractivity contribution in [2.24, 2.45) is 0 Å². The lowest BCUT2D eigenvalue weighted by Crippen LogP contribution is -1.94. The highest BCUT2D eigenvalue weighted by Crippen LogP contribution is 2.20. The zero-order valence-electron chi connectivity index (χ0n) is 10.3. The van der Waals surface area contributed by atoms with Crippen molar-refractivity contribution in [3.8, 4) is 11.3 Å². The van der Waals surface area contributed by atoms with Gasteiger partial charge in [-0.25, -0.2) is 4.98 Å². The van der Waals surface area contributed by atoms with Crippen molar-refractivity contribution in [2.45, 2.75) is 0 Å². The molecular weight excluding hydrogens is 234 g/mol. The molecule has 0 aliphatic heterocycles. The fourth-order valence-corrected chi connectivity index (χ4v) is 1.86. The molecule has 0 saturated carbocycles. The molecule has 0 amide bonds. The van der Waals surface area contributed by atoms with E-state index in [1.165, 1.54) is 0 Å². The first kappa shape index (κ1) is 11.4. The van der Waals surface area contributed by atoms with Crippen molar-refractivity contribution in [1.82, 2.24) is 9.97 Å². The van der Waals surface area contributed by atoms with Gasteiger partial charge in [-0.05, 0) is 24.3 Å². The highest BCUT2D eigenvalue weighted by atomic mass is 15.0. The Morgan fingerprint density at radius 2 is 1.53 bits per heavy atom. The van der Waals surface area contributed by atoms with E-state index in [9.17, 15) is 0 Å². The zero-order chi connectivity index (χ0) is 12.9. The molecule has 2 heterocycles. The smallest absolute Gasteiger partial charge is 0.131 e. The monoisotopic (exact) mass is 247 g/mol. The van der Waals surface area contributed by atoms with Crippen molar-refractivity contribution < 1.29 is 0 Å². The molecule has 1 aromatic carbocycles. The number of benzene rings is 1. The Hall–Kier alpha value is -2.68. The lowest BCUT2D eigenvalue weighted by molar-refractivity contribution is 1.28. The van der Waals surface area contributed by atoms with Crippen LogP contribution in [0.5, 0.6) is 0 Å². The highest BCUT2D eigenvalue weighted by Gasteiger charge is 2.00. The van der Waals surface area contributed by atoms with Crippen molar-refractivity contribution in [2.75, 3.05) is 5.32 Å². The number of nitrogens with one attached hydrogen (secondary N) is 1. The Balaban J connectivity index is 1.89. The first-order valence-electron chi connectivity index (χ1n) is 6.11. The molecule has 1 N–H and O–H groups in total. The normalized spacial score (nSPS) is 10.1. The van der Waals surface area contributed by atoms with E-state index in [-0.39, 0.29) is 0 Å². The largest absolute Gasteiger partial charge is 0.340 e. The van der Waals surface area contributed by atoms with Crippen LogP contribution in [0.4, 0.5) is 11.5 Å². The fraction of sp³-hybridized carbons (Fsp3) is 0. The van der Waals surface area contributed by atoms with E-state index in [1.807, 2.05) is 48.5 Å². The SMILES string of the molecule is c1ccc(-c2cccc(Nc3ccncc3)n2)cc1. The Labute approximate surface area is 112 Å². The summed E-state index contributed by atoms with van der Waals surface area (Å²) < 4.78 is 0. The Morgan fingerprint density at radius 3 is 2.32 bits per heavy atom. The molecule has 3 nitrogen and oxygen atoms in total.